The van der Waals surface area contributed by atoms with Gasteiger partial charge >= 0.3 is 6.09 Å². The summed E-state index contributed by atoms with van der Waals surface area (Å²) in [7, 11) is 0. The maximum atomic E-state index is 11.5. The molecule has 0 bridgehead atoms. The Kier molecular flexibility index (Phi) is 3.04. The zero-order valence-corrected chi connectivity index (χ0v) is 9.28. The molecule has 0 aromatic rings. The molecule has 4 heteroatoms. The SMILES string of the molecule is C[C@@H]1CN(C(=O)OC(C)(C)C)[C@H]1CO. The highest BCUT2D eigenvalue weighted by Gasteiger charge is 2.40. The second kappa shape index (κ2) is 3.77. The van der Waals surface area contributed by atoms with Gasteiger partial charge in [0.2, 0.25) is 0 Å². The summed E-state index contributed by atoms with van der Waals surface area (Å²) in [5, 5.41) is 9.02. The molecule has 1 rings (SSSR count). The van der Waals surface area contributed by atoms with Crippen molar-refractivity contribution in [3.05, 3.63) is 0 Å². The number of ether oxygens (including phenoxy) is 1. The Morgan fingerprint density at radius 1 is 1.57 bits per heavy atom. The number of carbonyl (C=O) groups excluding carboxylic acids is 1. The highest BCUT2D eigenvalue weighted by molar-refractivity contribution is 5.69. The first-order valence-corrected chi connectivity index (χ1v) is 4.95. The summed E-state index contributed by atoms with van der Waals surface area (Å²) in [5.41, 5.74) is -0.462. The Morgan fingerprint density at radius 2 is 2.14 bits per heavy atom. The molecular formula is C10H19NO3. The van der Waals surface area contributed by atoms with Crippen LogP contribution in [-0.4, -0.2) is 40.9 Å². The van der Waals surface area contributed by atoms with Gasteiger partial charge in [0.25, 0.3) is 0 Å². The van der Waals surface area contributed by atoms with Crippen molar-refractivity contribution in [2.24, 2.45) is 5.92 Å². The number of hydrogen-bond donors (Lipinski definition) is 1. The third-order valence-corrected chi connectivity index (χ3v) is 2.36. The Hall–Kier alpha value is -0.770. The number of amides is 1. The normalized spacial score (nSPS) is 27.1. The molecule has 1 N–H and O–H groups in total. The predicted octanol–water partition coefficient (Wildman–Crippen LogP) is 1.23. The minimum atomic E-state index is -0.462. The van der Waals surface area contributed by atoms with Crippen molar-refractivity contribution in [1.82, 2.24) is 4.90 Å². The summed E-state index contributed by atoms with van der Waals surface area (Å²) in [4.78, 5) is 13.1. The van der Waals surface area contributed by atoms with Crippen LogP contribution in [0, 0.1) is 5.92 Å². The van der Waals surface area contributed by atoms with Gasteiger partial charge < -0.3 is 14.7 Å². The number of aliphatic hydroxyl groups is 1. The molecule has 1 saturated heterocycles. The molecule has 82 valence electrons. The van der Waals surface area contributed by atoms with Crippen molar-refractivity contribution in [3.63, 3.8) is 0 Å². The Morgan fingerprint density at radius 3 is 2.50 bits per heavy atom. The van der Waals surface area contributed by atoms with E-state index in [0.29, 0.717) is 12.5 Å². The maximum absolute atomic E-state index is 11.5. The molecule has 0 unspecified atom stereocenters. The molecule has 4 nitrogen and oxygen atoms in total. The third-order valence-electron chi connectivity index (χ3n) is 2.36. The predicted molar refractivity (Wildman–Crippen MR) is 53.0 cm³/mol. The van der Waals surface area contributed by atoms with E-state index in [1.807, 2.05) is 27.7 Å². The average molecular weight is 201 g/mol. The van der Waals surface area contributed by atoms with E-state index in [-0.39, 0.29) is 18.7 Å². The lowest BCUT2D eigenvalue weighted by Gasteiger charge is -2.45. The lowest BCUT2D eigenvalue weighted by molar-refractivity contribution is -0.0409. The van der Waals surface area contributed by atoms with Crippen LogP contribution >= 0.6 is 0 Å². The van der Waals surface area contributed by atoms with Crippen molar-refractivity contribution in [1.29, 1.82) is 0 Å². The zero-order valence-electron chi connectivity index (χ0n) is 9.28. The van der Waals surface area contributed by atoms with E-state index in [4.69, 9.17) is 9.84 Å². The smallest absolute Gasteiger partial charge is 0.410 e. The van der Waals surface area contributed by atoms with Gasteiger partial charge in [0, 0.05) is 6.54 Å². The van der Waals surface area contributed by atoms with Crippen LogP contribution in [0.3, 0.4) is 0 Å². The van der Waals surface area contributed by atoms with Crippen LogP contribution in [-0.2, 0) is 4.74 Å². The van der Waals surface area contributed by atoms with E-state index in [1.54, 1.807) is 4.90 Å². The van der Waals surface area contributed by atoms with Crippen LogP contribution in [0.25, 0.3) is 0 Å². The standard InChI is InChI=1S/C10H19NO3/c1-7-5-11(8(7)6-12)9(13)14-10(2,3)4/h7-8,12H,5-6H2,1-4H3/t7-,8+/m1/s1. The summed E-state index contributed by atoms with van der Waals surface area (Å²) in [5.74, 6) is 0.368. The molecule has 1 aliphatic heterocycles. The molecule has 0 saturated carbocycles. The van der Waals surface area contributed by atoms with Crippen LogP contribution in [0.1, 0.15) is 27.7 Å². The van der Waals surface area contributed by atoms with Crippen molar-refractivity contribution in [3.8, 4) is 0 Å². The molecule has 2 atom stereocenters. The molecule has 0 aliphatic carbocycles. The quantitative estimate of drug-likeness (QED) is 0.694. The summed E-state index contributed by atoms with van der Waals surface area (Å²) in [6, 6.07) is -0.0650. The fraction of sp³-hybridized carbons (Fsp3) is 0.900. The highest BCUT2D eigenvalue weighted by Crippen LogP contribution is 2.25. The van der Waals surface area contributed by atoms with Crippen LogP contribution in [0.5, 0.6) is 0 Å². The number of aliphatic hydroxyl groups excluding tert-OH is 1. The topological polar surface area (TPSA) is 49.8 Å². The van der Waals surface area contributed by atoms with E-state index in [9.17, 15) is 4.79 Å². The molecule has 1 amide bonds. The molecule has 0 aromatic heterocycles. The highest BCUT2D eigenvalue weighted by atomic mass is 16.6. The van der Waals surface area contributed by atoms with Crippen LogP contribution in [0.4, 0.5) is 4.79 Å². The van der Waals surface area contributed by atoms with Gasteiger partial charge in [-0.1, -0.05) is 6.92 Å². The van der Waals surface area contributed by atoms with Gasteiger partial charge in [-0.05, 0) is 26.7 Å². The Bertz CT molecular complexity index is 222. The van der Waals surface area contributed by atoms with Gasteiger partial charge in [0.05, 0.1) is 12.6 Å². The zero-order chi connectivity index (χ0) is 10.9. The molecule has 1 fully saturated rings. The van der Waals surface area contributed by atoms with Gasteiger partial charge in [0.15, 0.2) is 0 Å². The summed E-state index contributed by atoms with van der Waals surface area (Å²) in [6.07, 6.45) is -0.324. The van der Waals surface area contributed by atoms with E-state index in [2.05, 4.69) is 0 Å². The van der Waals surface area contributed by atoms with E-state index < -0.39 is 5.60 Å². The molecule has 1 heterocycles. The van der Waals surface area contributed by atoms with E-state index >= 15 is 0 Å². The maximum Gasteiger partial charge on any atom is 0.410 e. The average Bonchev–Trinajstić information content (AvgIpc) is 1.97. The number of hydrogen-bond acceptors (Lipinski definition) is 3. The van der Waals surface area contributed by atoms with Crippen molar-refractivity contribution < 1.29 is 14.6 Å². The molecule has 0 spiro atoms. The number of rotatable bonds is 1. The van der Waals surface area contributed by atoms with Gasteiger partial charge in [0.1, 0.15) is 5.60 Å². The van der Waals surface area contributed by atoms with E-state index in [0.717, 1.165) is 0 Å². The van der Waals surface area contributed by atoms with Crippen molar-refractivity contribution in [2.75, 3.05) is 13.2 Å². The lowest BCUT2D eigenvalue weighted by Crippen LogP contribution is -2.60. The second-order valence-corrected chi connectivity index (χ2v) is 4.86. The molecule has 0 aromatic carbocycles. The summed E-state index contributed by atoms with van der Waals surface area (Å²) in [6.45, 7) is 8.22. The van der Waals surface area contributed by atoms with Gasteiger partial charge in [-0.3, -0.25) is 0 Å². The fourth-order valence-electron chi connectivity index (χ4n) is 1.55. The number of nitrogens with zero attached hydrogens (tertiary/aromatic N) is 1. The molecule has 0 radical (unpaired) electrons. The van der Waals surface area contributed by atoms with Crippen LogP contribution in [0.15, 0.2) is 0 Å². The first kappa shape index (κ1) is 11.3. The molecule has 1 aliphatic rings. The fourth-order valence-corrected chi connectivity index (χ4v) is 1.55. The first-order chi connectivity index (χ1) is 6.35. The minimum absolute atomic E-state index is 0.0143. The summed E-state index contributed by atoms with van der Waals surface area (Å²) < 4.78 is 5.20. The van der Waals surface area contributed by atoms with Gasteiger partial charge in [-0.2, -0.15) is 0 Å². The van der Waals surface area contributed by atoms with Gasteiger partial charge in [-0.15, -0.1) is 0 Å². The lowest BCUT2D eigenvalue weighted by atomic mass is 9.92. The van der Waals surface area contributed by atoms with E-state index in [1.165, 1.54) is 0 Å². The van der Waals surface area contributed by atoms with Crippen LogP contribution in [0.2, 0.25) is 0 Å². The summed E-state index contributed by atoms with van der Waals surface area (Å²) >= 11 is 0. The van der Waals surface area contributed by atoms with Crippen molar-refractivity contribution >= 4 is 6.09 Å². The Balaban J connectivity index is 2.47. The minimum Gasteiger partial charge on any atom is -0.444 e. The largest absolute Gasteiger partial charge is 0.444 e. The van der Waals surface area contributed by atoms with Gasteiger partial charge in [-0.25, -0.2) is 4.79 Å². The van der Waals surface area contributed by atoms with Crippen LogP contribution < -0.4 is 0 Å². The molecule has 14 heavy (non-hydrogen) atoms. The van der Waals surface area contributed by atoms with Crippen molar-refractivity contribution in [2.45, 2.75) is 39.3 Å². The first-order valence-electron chi connectivity index (χ1n) is 4.95. The third kappa shape index (κ3) is 2.38. The monoisotopic (exact) mass is 201 g/mol. The second-order valence-electron chi connectivity index (χ2n) is 4.86. The molecular weight excluding hydrogens is 182 g/mol. The number of carbonyl (C=O) groups is 1. The Labute approximate surface area is 84.8 Å². The number of likely N-dealkylation sites (tertiary alicyclic amines) is 1.